The Morgan fingerprint density at radius 1 is 1.00 bits per heavy atom. The van der Waals surface area contributed by atoms with Crippen molar-refractivity contribution in [1.29, 1.82) is 0 Å². The molecule has 0 bridgehead atoms. The number of piperidine rings is 1. The van der Waals surface area contributed by atoms with Crippen LogP contribution in [0.3, 0.4) is 0 Å². The largest absolute Gasteiger partial charge is 0.314 e. The molecule has 1 aromatic carbocycles. The number of hydrogen-bond donors (Lipinski definition) is 1. The van der Waals surface area contributed by atoms with Gasteiger partial charge in [-0.1, -0.05) is 36.8 Å². The van der Waals surface area contributed by atoms with Crippen LogP contribution in [0.2, 0.25) is 0 Å². The van der Waals surface area contributed by atoms with Crippen LogP contribution in [-0.4, -0.2) is 75.3 Å². The monoisotopic (exact) mass is 395 g/mol. The van der Waals surface area contributed by atoms with Gasteiger partial charge in [0.2, 0.25) is 0 Å². The average molecular weight is 396 g/mol. The number of nitrogens with zero attached hydrogens (tertiary/aromatic N) is 6. The molecule has 3 fully saturated rings. The summed E-state index contributed by atoms with van der Waals surface area (Å²) in [7, 11) is 0. The molecule has 1 N–H and O–H groups in total. The van der Waals surface area contributed by atoms with E-state index in [2.05, 4.69) is 61.0 Å². The molecule has 5 rings (SSSR count). The molecular weight excluding hydrogens is 362 g/mol. The summed E-state index contributed by atoms with van der Waals surface area (Å²) < 4.78 is 2.04. The Balaban J connectivity index is 1.41. The Hall–Kier alpha value is -1.83. The van der Waals surface area contributed by atoms with Crippen molar-refractivity contribution < 1.29 is 0 Å². The number of hydrogen-bond acceptors (Lipinski definition) is 6. The normalized spacial score (nSPS) is 27.4. The summed E-state index contributed by atoms with van der Waals surface area (Å²) >= 11 is 0. The van der Waals surface area contributed by atoms with Crippen molar-refractivity contribution in [2.24, 2.45) is 0 Å². The zero-order valence-electron chi connectivity index (χ0n) is 17.3. The molecule has 7 nitrogen and oxygen atoms in total. The highest BCUT2D eigenvalue weighted by molar-refractivity contribution is 5.17. The zero-order chi connectivity index (χ0) is 19.5. The Morgan fingerprint density at radius 3 is 2.66 bits per heavy atom. The van der Waals surface area contributed by atoms with Crippen molar-refractivity contribution in [3.05, 3.63) is 41.7 Å². The topological polar surface area (TPSA) is 62.1 Å². The number of benzene rings is 1. The van der Waals surface area contributed by atoms with E-state index >= 15 is 0 Å². The van der Waals surface area contributed by atoms with Gasteiger partial charge >= 0.3 is 0 Å². The van der Waals surface area contributed by atoms with Gasteiger partial charge in [-0.05, 0) is 61.2 Å². The highest BCUT2D eigenvalue weighted by Crippen LogP contribution is 2.35. The summed E-state index contributed by atoms with van der Waals surface area (Å²) in [5.41, 5.74) is 1.14. The van der Waals surface area contributed by atoms with E-state index in [9.17, 15) is 0 Å². The molecule has 156 valence electrons. The Kier molecular flexibility index (Phi) is 5.61. The van der Waals surface area contributed by atoms with E-state index in [-0.39, 0.29) is 5.54 Å². The number of aromatic nitrogens is 4. The molecule has 3 heterocycles. The van der Waals surface area contributed by atoms with E-state index < -0.39 is 0 Å². The average Bonchev–Trinajstić information content (AvgIpc) is 3.05. The number of nitrogens with one attached hydrogen (secondary N) is 1. The van der Waals surface area contributed by atoms with Gasteiger partial charge in [-0.2, -0.15) is 0 Å². The number of tetrazole rings is 1. The van der Waals surface area contributed by atoms with Crippen molar-refractivity contribution in [1.82, 2.24) is 35.3 Å². The van der Waals surface area contributed by atoms with Crippen LogP contribution in [0.1, 0.15) is 49.9 Å². The van der Waals surface area contributed by atoms with Crippen molar-refractivity contribution in [2.75, 3.05) is 39.3 Å². The van der Waals surface area contributed by atoms with Gasteiger partial charge in [0.1, 0.15) is 0 Å². The summed E-state index contributed by atoms with van der Waals surface area (Å²) in [6.45, 7) is 7.40. The fourth-order valence-corrected chi connectivity index (χ4v) is 5.37. The second-order valence-electron chi connectivity index (χ2n) is 8.92. The van der Waals surface area contributed by atoms with Crippen LogP contribution in [0.5, 0.6) is 0 Å². The molecule has 2 aromatic rings. The fourth-order valence-electron chi connectivity index (χ4n) is 5.37. The maximum Gasteiger partial charge on any atom is 0.173 e. The third-order valence-corrected chi connectivity index (χ3v) is 7.21. The van der Waals surface area contributed by atoms with E-state index in [1.807, 2.05) is 4.68 Å². The molecule has 3 aliphatic rings. The minimum absolute atomic E-state index is 0.105. The van der Waals surface area contributed by atoms with Crippen LogP contribution in [0.25, 0.3) is 0 Å². The maximum absolute atomic E-state index is 4.60. The van der Waals surface area contributed by atoms with Crippen LogP contribution in [-0.2, 0) is 12.1 Å². The molecule has 1 aliphatic carbocycles. The van der Waals surface area contributed by atoms with Gasteiger partial charge in [-0.25, -0.2) is 4.68 Å². The lowest BCUT2D eigenvalue weighted by Gasteiger charge is -2.45. The molecule has 2 aliphatic heterocycles. The summed E-state index contributed by atoms with van der Waals surface area (Å²) in [6, 6.07) is 11.4. The SMILES string of the molecule is c1ccc(Cn2nnnc2C2(N3CCCN(C4CCC4)CC3)CCCNC2)cc1. The lowest BCUT2D eigenvalue weighted by Crippen LogP contribution is -2.57. The first-order valence-electron chi connectivity index (χ1n) is 11.4. The van der Waals surface area contributed by atoms with E-state index in [1.165, 1.54) is 50.8 Å². The van der Waals surface area contributed by atoms with Crippen LogP contribution < -0.4 is 5.32 Å². The molecule has 29 heavy (non-hydrogen) atoms. The molecule has 1 aromatic heterocycles. The highest BCUT2D eigenvalue weighted by atomic mass is 15.6. The summed E-state index contributed by atoms with van der Waals surface area (Å²) in [5, 5.41) is 16.8. The lowest BCUT2D eigenvalue weighted by atomic mass is 9.86. The molecular formula is C22H33N7. The Morgan fingerprint density at radius 2 is 1.90 bits per heavy atom. The van der Waals surface area contributed by atoms with Gasteiger partial charge in [0.05, 0.1) is 12.1 Å². The van der Waals surface area contributed by atoms with Crippen LogP contribution in [0.15, 0.2) is 30.3 Å². The van der Waals surface area contributed by atoms with Crippen LogP contribution >= 0.6 is 0 Å². The fraction of sp³-hybridized carbons (Fsp3) is 0.682. The smallest absolute Gasteiger partial charge is 0.173 e. The summed E-state index contributed by atoms with van der Waals surface area (Å²) in [4.78, 5) is 5.44. The highest BCUT2D eigenvalue weighted by Gasteiger charge is 2.44. The van der Waals surface area contributed by atoms with Gasteiger partial charge in [0.25, 0.3) is 0 Å². The quantitative estimate of drug-likeness (QED) is 0.834. The molecule has 2 saturated heterocycles. The second kappa shape index (κ2) is 8.50. The third-order valence-electron chi connectivity index (χ3n) is 7.21. The minimum atomic E-state index is -0.105. The standard InChI is InChI=1S/C22H33N7/c1-2-7-19(8-3-1)17-29-21(24-25-26-29)22(11-5-12-23-18-22)28-14-6-13-27(15-16-28)20-9-4-10-20/h1-3,7-8,20,23H,4-6,9-18H2. The second-order valence-corrected chi connectivity index (χ2v) is 8.92. The summed E-state index contributed by atoms with van der Waals surface area (Å²) in [6.07, 6.45) is 7.72. The van der Waals surface area contributed by atoms with E-state index in [0.717, 1.165) is 51.0 Å². The Labute approximate surface area is 173 Å². The molecule has 0 amide bonds. The van der Waals surface area contributed by atoms with Gasteiger partial charge in [0, 0.05) is 32.2 Å². The zero-order valence-corrected chi connectivity index (χ0v) is 17.3. The molecule has 1 saturated carbocycles. The Bertz CT molecular complexity index is 779. The van der Waals surface area contributed by atoms with Gasteiger partial charge in [0.15, 0.2) is 5.82 Å². The van der Waals surface area contributed by atoms with Gasteiger partial charge in [-0.15, -0.1) is 5.10 Å². The lowest BCUT2D eigenvalue weighted by molar-refractivity contribution is 0.0460. The van der Waals surface area contributed by atoms with Crippen molar-refractivity contribution >= 4 is 0 Å². The van der Waals surface area contributed by atoms with Crippen molar-refractivity contribution in [2.45, 2.75) is 56.7 Å². The molecule has 0 radical (unpaired) electrons. The van der Waals surface area contributed by atoms with Gasteiger partial charge in [-0.3, -0.25) is 9.80 Å². The molecule has 1 atom stereocenters. The molecule has 7 heteroatoms. The molecule has 1 unspecified atom stereocenters. The predicted molar refractivity (Wildman–Crippen MR) is 113 cm³/mol. The van der Waals surface area contributed by atoms with Gasteiger partial charge < -0.3 is 5.32 Å². The van der Waals surface area contributed by atoms with E-state index in [1.54, 1.807) is 0 Å². The van der Waals surface area contributed by atoms with Crippen molar-refractivity contribution in [3.63, 3.8) is 0 Å². The first-order valence-corrected chi connectivity index (χ1v) is 11.4. The van der Waals surface area contributed by atoms with Crippen LogP contribution in [0, 0.1) is 0 Å². The van der Waals surface area contributed by atoms with E-state index in [4.69, 9.17) is 0 Å². The van der Waals surface area contributed by atoms with E-state index in [0.29, 0.717) is 0 Å². The first kappa shape index (κ1) is 19.2. The summed E-state index contributed by atoms with van der Waals surface area (Å²) in [5.74, 6) is 1.03. The molecule has 0 spiro atoms. The first-order chi connectivity index (χ1) is 14.4. The predicted octanol–water partition coefficient (Wildman–Crippen LogP) is 1.86. The van der Waals surface area contributed by atoms with Crippen LogP contribution in [0.4, 0.5) is 0 Å². The maximum atomic E-state index is 4.60. The number of rotatable bonds is 5. The minimum Gasteiger partial charge on any atom is -0.314 e. The third kappa shape index (κ3) is 3.83. The van der Waals surface area contributed by atoms with Crippen molar-refractivity contribution in [3.8, 4) is 0 Å².